The summed E-state index contributed by atoms with van der Waals surface area (Å²) < 4.78 is 0. The summed E-state index contributed by atoms with van der Waals surface area (Å²) in [5.41, 5.74) is 10.9. The molecule has 5 N–H and O–H groups in total. The highest BCUT2D eigenvalue weighted by Crippen LogP contribution is 2.23. The van der Waals surface area contributed by atoms with Crippen molar-refractivity contribution in [3.63, 3.8) is 0 Å². The average molecular weight is 217 g/mol. The molecule has 0 radical (unpaired) electrons. The van der Waals surface area contributed by atoms with E-state index in [2.05, 4.69) is 23.1 Å². The predicted molar refractivity (Wildman–Crippen MR) is 56.4 cm³/mol. The van der Waals surface area contributed by atoms with Crippen LogP contribution in [0.15, 0.2) is 0 Å². The zero-order valence-electron chi connectivity index (χ0n) is 7.82. The first kappa shape index (κ1) is 11.2. The topological polar surface area (TPSA) is 87.4 Å². The second-order valence-electron chi connectivity index (χ2n) is 3.52. The number of hydrogen-bond donors (Lipinski definition) is 4. The molecule has 0 amide bonds. The van der Waals surface area contributed by atoms with Crippen molar-refractivity contribution < 1.29 is 9.90 Å². The molecule has 0 aliphatic heterocycles. The second-order valence-corrected chi connectivity index (χ2v) is 3.96. The third kappa shape index (κ3) is 3.47. The molecular formula is C8H15N3O2S. The molecule has 1 aliphatic rings. The van der Waals surface area contributed by atoms with E-state index in [-0.39, 0.29) is 17.1 Å². The molecule has 0 atom stereocenters. The van der Waals surface area contributed by atoms with Crippen LogP contribution < -0.4 is 16.6 Å². The lowest BCUT2D eigenvalue weighted by atomic mass is 9.86. The van der Waals surface area contributed by atoms with Gasteiger partial charge in [0.25, 0.3) is 0 Å². The Morgan fingerprint density at radius 3 is 2.36 bits per heavy atom. The van der Waals surface area contributed by atoms with Crippen LogP contribution in [0.4, 0.5) is 0 Å². The van der Waals surface area contributed by atoms with E-state index in [0.717, 1.165) is 12.8 Å². The second kappa shape index (κ2) is 5.11. The Balaban J connectivity index is 2.22. The van der Waals surface area contributed by atoms with E-state index < -0.39 is 5.97 Å². The lowest BCUT2D eigenvalue weighted by molar-refractivity contribution is -0.142. The van der Waals surface area contributed by atoms with E-state index in [1.54, 1.807) is 0 Å². The molecule has 1 fully saturated rings. The quantitative estimate of drug-likeness (QED) is 0.392. The van der Waals surface area contributed by atoms with Gasteiger partial charge in [0, 0.05) is 6.04 Å². The molecule has 1 saturated carbocycles. The van der Waals surface area contributed by atoms with Gasteiger partial charge in [0.1, 0.15) is 0 Å². The predicted octanol–water partition coefficient (Wildman–Crippen LogP) is -0.0324. The molecule has 80 valence electrons. The molecule has 0 unspecified atom stereocenters. The summed E-state index contributed by atoms with van der Waals surface area (Å²) in [6, 6.07) is 0.270. The molecule has 0 aromatic heterocycles. The first-order valence-electron chi connectivity index (χ1n) is 4.63. The molecular weight excluding hydrogens is 202 g/mol. The SMILES string of the molecule is NC(=S)NNC1CCC(C(=O)O)CC1. The van der Waals surface area contributed by atoms with Gasteiger partial charge in [-0.3, -0.25) is 10.2 Å². The van der Waals surface area contributed by atoms with Gasteiger partial charge in [-0.05, 0) is 37.9 Å². The van der Waals surface area contributed by atoms with E-state index in [0.29, 0.717) is 12.8 Å². The molecule has 0 heterocycles. The third-order valence-corrected chi connectivity index (χ3v) is 2.58. The summed E-state index contributed by atoms with van der Waals surface area (Å²) in [5, 5.41) is 8.98. The molecule has 1 rings (SSSR count). The van der Waals surface area contributed by atoms with Crippen LogP contribution in [0.1, 0.15) is 25.7 Å². The first-order chi connectivity index (χ1) is 6.59. The maximum atomic E-state index is 10.7. The maximum absolute atomic E-state index is 10.7. The summed E-state index contributed by atoms with van der Waals surface area (Å²) >= 11 is 4.64. The Morgan fingerprint density at radius 2 is 1.93 bits per heavy atom. The molecule has 0 aromatic rings. The molecule has 0 saturated heterocycles. The van der Waals surface area contributed by atoms with Crippen molar-refractivity contribution in [3.8, 4) is 0 Å². The van der Waals surface area contributed by atoms with Gasteiger partial charge < -0.3 is 10.8 Å². The standard InChI is InChI=1S/C8H15N3O2S/c9-8(14)11-10-6-3-1-5(2-4-6)7(12)13/h5-6,10H,1-4H2,(H,12,13)(H3,9,11,14). The number of carboxylic acid groups (broad SMARTS) is 1. The minimum atomic E-state index is -0.689. The van der Waals surface area contributed by atoms with E-state index in [1.807, 2.05) is 0 Å². The van der Waals surface area contributed by atoms with Crippen molar-refractivity contribution in [2.24, 2.45) is 11.7 Å². The Bertz CT molecular complexity index is 227. The maximum Gasteiger partial charge on any atom is 0.306 e. The number of hydrazine groups is 1. The lowest BCUT2D eigenvalue weighted by Gasteiger charge is -2.26. The first-order valence-corrected chi connectivity index (χ1v) is 5.04. The smallest absolute Gasteiger partial charge is 0.306 e. The highest BCUT2D eigenvalue weighted by Gasteiger charge is 2.25. The Kier molecular flexibility index (Phi) is 4.09. The van der Waals surface area contributed by atoms with Crippen LogP contribution in [0.2, 0.25) is 0 Å². The Morgan fingerprint density at radius 1 is 1.36 bits per heavy atom. The highest BCUT2D eigenvalue weighted by molar-refractivity contribution is 7.80. The lowest BCUT2D eigenvalue weighted by Crippen LogP contribution is -2.48. The molecule has 0 aromatic carbocycles. The minimum absolute atomic E-state index is 0.183. The largest absolute Gasteiger partial charge is 0.481 e. The number of carbonyl (C=O) groups is 1. The number of nitrogens with one attached hydrogen (secondary N) is 2. The van der Waals surface area contributed by atoms with Crippen LogP contribution in [0, 0.1) is 5.92 Å². The zero-order chi connectivity index (χ0) is 10.6. The monoisotopic (exact) mass is 217 g/mol. The van der Waals surface area contributed by atoms with Crippen molar-refractivity contribution >= 4 is 23.3 Å². The van der Waals surface area contributed by atoms with E-state index >= 15 is 0 Å². The minimum Gasteiger partial charge on any atom is -0.481 e. The van der Waals surface area contributed by atoms with Crippen molar-refractivity contribution in [3.05, 3.63) is 0 Å². The van der Waals surface area contributed by atoms with Gasteiger partial charge >= 0.3 is 5.97 Å². The van der Waals surface area contributed by atoms with Crippen molar-refractivity contribution in [2.75, 3.05) is 0 Å². The number of carboxylic acids is 1. The van der Waals surface area contributed by atoms with Crippen LogP contribution in [0.3, 0.4) is 0 Å². The summed E-state index contributed by atoms with van der Waals surface area (Å²) in [7, 11) is 0. The summed E-state index contributed by atoms with van der Waals surface area (Å²) in [6.45, 7) is 0. The molecule has 5 nitrogen and oxygen atoms in total. The van der Waals surface area contributed by atoms with Crippen molar-refractivity contribution in [2.45, 2.75) is 31.7 Å². The summed E-state index contributed by atoms with van der Waals surface area (Å²) in [6.07, 6.45) is 3.11. The van der Waals surface area contributed by atoms with E-state index in [4.69, 9.17) is 10.8 Å². The fraction of sp³-hybridized carbons (Fsp3) is 0.750. The number of nitrogens with two attached hydrogens (primary N) is 1. The van der Waals surface area contributed by atoms with Gasteiger partial charge in [0.2, 0.25) is 0 Å². The third-order valence-electron chi connectivity index (χ3n) is 2.48. The van der Waals surface area contributed by atoms with Crippen LogP contribution in [0.25, 0.3) is 0 Å². The molecule has 14 heavy (non-hydrogen) atoms. The number of hydrogen-bond acceptors (Lipinski definition) is 3. The molecule has 0 bridgehead atoms. The van der Waals surface area contributed by atoms with E-state index in [9.17, 15) is 4.79 Å². The van der Waals surface area contributed by atoms with Crippen LogP contribution in [0.5, 0.6) is 0 Å². The molecule has 0 spiro atoms. The normalized spacial score (nSPS) is 26.9. The van der Waals surface area contributed by atoms with Gasteiger partial charge in [-0.25, -0.2) is 5.43 Å². The van der Waals surface area contributed by atoms with Crippen LogP contribution in [-0.2, 0) is 4.79 Å². The van der Waals surface area contributed by atoms with Crippen molar-refractivity contribution in [1.29, 1.82) is 0 Å². The Hall–Kier alpha value is -0.880. The van der Waals surface area contributed by atoms with Crippen LogP contribution >= 0.6 is 12.2 Å². The average Bonchev–Trinajstić information content (AvgIpc) is 2.15. The van der Waals surface area contributed by atoms with Gasteiger partial charge in [-0.2, -0.15) is 0 Å². The van der Waals surface area contributed by atoms with Crippen molar-refractivity contribution in [1.82, 2.24) is 10.9 Å². The van der Waals surface area contributed by atoms with Gasteiger partial charge in [-0.1, -0.05) is 0 Å². The highest BCUT2D eigenvalue weighted by atomic mass is 32.1. The fourth-order valence-electron chi connectivity index (χ4n) is 1.66. The van der Waals surface area contributed by atoms with Gasteiger partial charge in [0.05, 0.1) is 5.92 Å². The fourth-order valence-corrected chi connectivity index (χ4v) is 1.72. The van der Waals surface area contributed by atoms with E-state index in [1.165, 1.54) is 0 Å². The summed E-state index contributed by atoms with van der Waals surface area (Å²) in [5.74, 6) is -0.872. The number of thiocarbonyl (C=S) groups is 1. The molecule has 1 aliphatic carbocycles. The molecule has 6 heteroatoms. The number of rotatable bonds is 3. The Labute approximate surface area is 88.0 Å². The summed E-state index contributed by atoms with van der Waals surface area (Å²) in [4.78, 5) is 10.7. The van der Waals surface area contributed by atoms with Crippen LogP contribution in [-0.4, -0.2) is 22.2 Å². The van der Waals surface area contributed by atoms with Gasteiger partial charge in [0.15, 0.2) is 5.11 Å². The number of aliphatic carboxylic acids is 1. The van der Waals surface area contributed by atoms with Gasteiger partial charge in [-0.15, -0.1) is 0 Å². The zero-order valence-corrected chi connectivity index (χ0v) is 8.64.